The van der Waals surface area contributed by atoms with E-state index in [0.29, 0.717) is 0 Å². The van der Waals surface area contributed by atoms with E-state index < -0.39 is 0 Å². The van der Waals surface area contributed by atoms with Crippen LogP contribution in [0.4, 0.5) is 0 Å². The molecule has 1 N–H and O–H groups in total. The molecule has 1 aliphatic carbocycles. The van der Waals surface area contributed by atoms with Crippen LogP contribution < -0.4 is 5.32 Å². The van der Waals surface area contributed by atoms with Crippen molar-refractivity contribution < 1.29 is 4.74 Å². The van der Waals surface area contributed by atoms with E-state index in [9.17, 15) is 0 Å². The van der Waals surface area contributed by atoms with Gasteiger partial charge in [0.2, 0.25) is 0 Å². The standard InChI is InChI=1S/C21H36N4O/c1-5-25(6-2)16-19-9-7-18(8-10-19)15-23-21(22-3)24(4)13-14-26-17-20-11-12-20/h7-10,20H,5-6,11-17H2,1-4H3,(H,22,23). The van der Waals surface area contributed by atoms with Gasteiger partial charge < -0.3 is 15.0 Å². The summed E-state index contributed by atoms with van der Waals surface area (Å²) in [4.78, 5) is 8.93. The summed E-state index contributed by atoms with van der Waals surface area (Å²) in [6.45, 7) is 10.9. The van der Waals surface area contributed by atoms with E-state index in [2.05, 4.69) is 65.3 Å². The minimum absolute atomic E-state index is 0.758. The summed E-state index contributed by atoms with van der Waals surface area (Å²) in [6.07, 6.45) is 2.68. The molecule has 1 saturated carbocycles. The molecule has 0 amide bonds. The van der Waals surface area contributed by atoms with Crippen molar-refractivity contribution >= 4 is 5.96 Å². The van der Waals surface area contributed by atoms with Gasteiger partial charge in [-0.2, -0.15) is 0 Å². The number of hydrogen-bond acceptors (Lipinski definition) is 3. The zero-order chi connectivity index (χ0) is 18.8. The first-order valence-electron chi connectivity index (χ1n) is 9.95. The number of likely N-dealkylation sites (N-methyl/N-ethyl adjacent to an activating group) is 1. The highest BCUT2D eigenvalue weighted by atomic mass is 16.5. The Balaban J connectivity index is 1.72. The molecular formula is C21H36N4O. The Hall–Kier alpha value is -1.59. The predicted octanol–water partition coefficient (Wildman–Crippen LogP) is 2.96. The molecule has 0 bridgehead atoms. The molecule has 1 aromatic rings. The minimum Gasteiger partial charge on any atom is -0.379 e. The van der Waals surface area contributed by atoms with Crippen LogP contribution in [-0.4, -0.2) is 62.7 Å². The van der Waals surface area contributed by atoms with Gasteiger partial charge in [0.15, 0.2) is 5.96 Å². The second kappa shape index (κ2) is 11.2. The van der Waals surface area contributed by atoms with Crippen LogP contribution in [0, 0.1) is 5.92 Å². The maximum atomic E-state index is 5.72. The third-order valence-corrected chi connectivity index (χ3v) is 4.97. The van der Waals surface area contributed by atoms with E-state index in [1.807, 2.05) is 7.05 Å². The number of guanidine groups is 1. The molecule has 0 spiro atoms. The Kier molecular flexibility index (Phi) is 8.92. The molecule has 1 aromatic carbocycles. The molecule has 0 saturated heterocycles. The number of ether oxygens (including phenoxy) is 1. The number of benzene rings is 1. The van der Waals surface area contributed by atoms with E-state index in [0.717, 1.165) is 57.8 Å². The molecule has 0 aliphatic heterocycles. The van der Waals surface area contributed by atoms with Gasteiger partial charge in [0, 0.05) is 40.3 Å². The topological polar surface area (TPSA) is 40.1 Å². The lowest BCUT2D eigenvalue weighted by molar-refractivity contribution is 0.115. The van der Waals surface area contributed by atoms with Crippen LogP contribution in [0.25, 0.3) is 0 Å². The first-order valence-corrected chi connectivity index (χ1v) is 9.95. The first-order chi connectivity index (χ1) is 12.7. The van der Waals surface area contributed by atoms with Gasteiger partial charge in [0.05, 0.1) is 6.61 Å². The third kappa shape index (κ3) is 7.34. The molecular weight excluding hydrogens is 324 g/mol. The Morgan fingerprint density at radius 1 is 1.15 bits per heavy atom. The van der Waals surface area contributed by atoms with Crippen molar-refractivity contribution in [1.82, 2.24) is 15.1 Å². The summed E-state index contributed by atoms with van der Waals surface area (Å²) in [7, 11) is 3.89. The summed E-state index contributed by atoms with van der Waals surface area (Å²) in [5, 5.41) is 3.44. The van der Waals surface area contributed by atoms with Crippen molar-refractivity contribution in [2.24, 2.45) is 10.9 Å². The van der Waals surface area contributed by atoms with Gasteiger partial charge in [0.1, 0.15) is 0 Å². The fourth-order valence-electron chi connectivity index (χ4n) is 2.88. The molecule has 1 fully saturated rings. The van der Waals surface area contributed by atoms with E-state index in [1.54, 1.807) is 0 Å². The molecule has 0 atom stereocenters. The van der Waals surface area contributed by atoms with Crippen LogP contribution in [0.3, 0.4) is 0 Å². The second-order valence-electron chi connectivity index (χ2n) is 7.12. The van der Waals surface area contributed by atoms with Gasteiger partial charge in [0.25, 0.3) is 0 Å². The predicted molar refractivity (Wildman–Crippen MR) is 109 cm³/mol. The Labute approximate surface area is 159 Å². The van der Waals surface area contributed by atoms with Gasteiger partial charge in [-0.3, -0.25) is 9.89 Å². The highest BCUT2D eigenvalue weighted by Crippen LogP contribution is 2.28. The Bertz CT molecular complexity index is 535. The van der Waals surface area contributed by atoms with Crippen LogP contribution in [0.5, 0.6) is 0 Å². The number of aliphatic imine (C=N–C) groups is 1. The summed E-state index contributed by atoms with van der Waals surface area (Å²) in [5.41, 5.74) is 2.64. The van der Waals surface area contributed by atoms with E-state index in [1.165, 1.54) is 24.0 Å². The normalized spacial score (nSPS) is 14.7. The molecule has 5 nitrogen and oxygen atoms in total. The highest BCUT2D eigenvalue weighted by Gasteiger charge is 2.21. The number of rotatable bonds is 11. The summed E-state index contributed by atoms with van der Waals surface area (Å²) >= 11 is 0. The molecule has 146 valence electrons. The smallest absolute Gasteiger partial charge is 0.193 e. The zero-order valence-corrected chi connectivity index (χ0v) is 17.0. The summed E-state index contributed by atoms with van der Waals surface area (Å²) < 4.78 is 5.72. The number of nitrogens with one attached hydrogen (secondary N) is 1. The van der Waals surface area contributed by atoms with E-state index in [4.69, 9.17) is 4.74 Å². The van der Waals surface area contributed by atoms with E-state index in [-0.39, 0.29) is 0 Å². The van der Waals surface area contributed by atoms with Crippen molar-refractivity contribution in [2.45, 2.75) is 39.8 Å². The van der Waals surface area contributed by atoms with Crippen molar-refractivity contribution in [3.8, 4) is 0 Å². The largest absolute Gasteiger partial charge is 0.379 e. The van der Waals surface area contributed by atoms with Gasteiger partial charge >= 0.3 is 0 Å². The lowest BCUT2D eigenvalue weighted by atomic mass is 10.1. The molecule has 1 aliphatic rings. The van der Waals surface area contributed by atoms with Crippen molar-refractivity contribution in [3.63, 3.8) is 0 Å². The fraction of sp³-hybridized carbons (Fsp3) is 0.667. The molecule has 0 heterocycles. The second-order valence-corrected chi connectivity index (χ2v) is 7.12. The lowest BCUT2D eigenvalue weighted by Gasteiger charge is -2.22. The van der Waals surface area contributed by atoms with Crippen molar-refractivity contribution in [2.75, 3.05) is 46.9 Å². The maximum absolute atomic E-state index is 5.72. The van der Waals surface area contributed by atoms with Crippen LogP contribution in [0.1, 0.15) is 37.8 Å². The SMILES string of the molecule is CCN(CC)Cc1ccc(CNC(=NC)N(C)CCOCC2CC2)cc1. The zero-order valence-electron chi connectivity index (χ0n) is 17.0. The monoisotopic (exact) mass is 360 g/mol. The quantitative estimate of drug-likeness (QED) is 0.374. The Morgan fingerprint density at radius 3 is 2.38 bits per heavy atom. The van der Waals surface area contributed by atoms with Crippen molar-refractivity contribution in [1.29, 1.82) is 0 Å². The molecule has 0 unspecified atom stereocenters. The van der Waals surface area contributed by atoms with Crippen LogP contribution in [0.15, 0.2) is 29.3 Å². The highest BCUT2D eigenvalue weighted by molar-refractivity contribution is 5.79. The third-order valence-electron chi connectivity index (χ3n) is 4.97. The van der Waals surface area contributed by atoms with Gasteiger partial charge in [-0.1, -0.05) is 38.1 Å². The molecule has 0 radical (unpaired) electrons. The van der Waals surface area contributed by atoms with Gasteiger partial charge in [-0.05, 0) is 43.0 Å². The van der Waals surface area contributed by atoms with E-state index >= 15 is 0 Å². The first kappa shape index (κ1) is 20.7. The van der Waals surface area contributed by atoms with Gasteiger partial charge in [-0.15, -0.1) is 0 Å². The van der Waals surface area contributed by atoms with Crippen LogP contribution in [-0.2, 0) is 17.8 Å². The molecule has 0 aromatic heterocycles. The average molecular weight is 361 g/mol. The summed E-state index contributed by atoms with van der Waals surface area (Å²) in [5.74, 6) is 1.73. The minimum atomic E-state index is 0.758. The molecule has 2 rings (SSSR count). The molecule has 26 heavy (non-hydrogen) atoms. The number of hydrogen-bond donors (Lipinski definition) is 1. The van der Waals surface area contributed by atoms with Crippen LogP contribution in [0.2, 0.25) is 0 Å². The Morgan fingerprint density at radius 2 is 1.81 bits per heavy atom. The van der Waals surface area contributed by atoms with Gasteiger partial charge in [-0.25, -0.2) is 0 Å². The molecule has 5 heteroatoms. The fourth-order valence-corrected chi connectivity index (χ4v) is 2.88. The average Bonchev–Trinajstić information content (AvgIpc) is 3.49. The van der Waals surface area contributed by atoms with Crippen molar-refractivity contribution in [3.05, 3.63) is 35.4 Å². The van der Waals surface area contributed by atoms with Crippen LogP contribution >= 0.6 is 0 Å². The maximum Gasteiger partial charge on any atom is 0.193 e. The lowest BCUT2D eigenvalue weighted by Crippen LogP contribution is -2.40. The summed E-state index contributed by atoms with van der Waals surface area (Å²) in [6, 6.07) is 8.87. The number of nitrogens with zero attached hydrogens (tertiary/aromatic N) is 3.